The van der Waals surface area contributed by atoms with E-state index in [1.807, 2.05) is 19.1 Å². The van der Waals surface area contributed by atoms with E-state index in [-0.39, 0.29) is 11.8 Å². The fourth-order valence-corrected chi connectivity index (χ4v) is 3.78. The lowest BCUT2D eigenvalue weighted by molar-refractivity contribution is -0.121. The molecule has 1 aromatic carbocycles. The highest BCUT2D eigenvalue weighted by molar-refractivity contribution is 7.09. The van der Waals surface area contributed by atoms with Gasteiger partial charge < -0.3 is 5.32 Å². The van der Waals surface area contributed by atoms with Gasteiger partial charge in [0.15, 0.2) is 0 Å². The van der Waals surface area contributed by atoms with E-state index in [0.717, 1.165) is 55.3 Å². The lowest BCUT2D eigenvalue weighted by Crippen LogP contribution is -2.37. The molecule has 0 aliphatic carbocycles. The highest BCUT2D eigenvalue weighted by Crippen LogP contribution is 2.22. The smallest absolute Gasteiger partial charge is 0.227 e. The van der Waals surface area contributed by atoms with Crippen LogP contribution < -0.4 is 5.32 Å². The Labute approximate surface area is 147 Å². The van der Waals surface area contributed by atoms with Crippen molar-refractivity contribution in [3.05, 3.63) is 45.9 Å². The number of carbonyl (C=O) groups is 1. The first-order valence-corrected chi connectivity index (χ1v) is 9.55. The third kappa shape index (κ3) is 4.42. The molecule has 0 spiro atoms. The van der Waals surface area contributed by atoms with Crippen LogP contribution in [-0.4, -0.2) is 28.9 Å². The molecule has 1 aliphatic rings. The molecule has 0 saturated carbocycles. The van der Waals surface area contributed by atoms with Crippen molar-refractivity contribution in [1.82, 2.24) is 9.88 Å². The molecule has 1 saturated heterocycles. The Kier molecular flexibility index (Phi) is 5.63. The van der Waals surface area contributed by atoms with E-state index >= 15 is 0 Å². The van der Waals surface area contributed by atoms with Gasteiger partial charge in [-0.05, 0) is 57.0 Å². The van der Waals surface area contributed by atoms with E-state index in [9.17, 15) is 4.79 Å². The number of hydrogen-bond donors (Lipinski definition) is 1. The minimum absolute atomic E-state index is 0.115. The summed E-state index contributed by atoms with van der Waals surface area (Å²) in [4.78, 5) is 19.4. The van der Waals surface area contributed by atoms with Crippen LogP contribution in [-0.2, 0) is 17.8 Å². The fourth-order valence-electron chi connectivity index (χ4n) is 3.18. The zero-order valence-electron chi connectivity index (χ0n) is 14.4. The van der Waals surface area contributed by atoms with Gasteiger partial charge in [0.05, 0.1) is 10.7 Å². The van der Waals surface area contributed by atoms with Gasteiger partial charge in [0.1, 0.15) is 0 Å². The van der Waals surface area contributed by atoms with Crippen LogP contribution >= 0.6 is 11.3 Å². The van der Waals surface area contributed by atoms with Gasteiger partial charge in [-0.15, -0.1) is 11.3 Å². The fraction of sp³-hybridized carbons (Fsp3) is 0.474. The predicted octanol–water partition coefficient (Wildman–Crippen LogP) is 3.86. The van der Waals surface area contributed by atoms with Crippen molar-refractivity contribution in [2.75, 3.05) is 18.4 Å². The van der Waals surface area contributed by atoms with Crippen LogP contribution in [0.1, 0.15) is 36.0 Å². The van der Waals surface area contributed by atoms with Crippen LogP contribution in [0.2, 0.25) is 0 Å². The molecule has 0 unspecified atom stereocenters. The number of aromatic nitrogens is 1. The van der Waals surface area contributed by atoms with Gasteiger partial charge in [-0.25, -0.2) is 4.98 Å². The van der Waals surface area contributed by atoms with Crippen molar-refractivity contribution in [2.24, 2.45) is 5.92 Å². The second kappa shape index (κ2) is 7.90. The Morgan fingerprint density at radius 1 is 1.38 bits per heavy atom. The minimum Gasteiger partial charge on any atom is -0.326 e. The zero-order chi connectivity index (χ0) is 16.9. The summed E-state index contributed by atoms with van der Waals surface area (Å²) < 4.78 is 0. The van der Waals surface area contributed by atoms with Gasteiger partial charge >= 0.3 is 0 Å². The van der Waals surface area contributed by atoms with Gasteiger partial charge in [-0.2, -0.15) is 0 Å². The molecule has 0 bridgehead atoms. The van der Waals surface area contributed by atoms with E-state index in [1.165, 1.54) is 5.56 Å². The van der Waals surface area contributed by atoms with Gasteiger partial charge in [-0.1, -0.05) is 19.1 Å². The molecule has 0 atom stereocenters. The number of likely N-dealkylation sites (tertiary alicyclic amines) is 1. The van der Waals surface area contributed by atoms with Crippen molar-refractivity contribution in [1.29, 1.82) is 0 Å². The normalized spacial score (nSPS) is 16.2. The number of nitrogens with one attached hydrogen (secondary N) is 1. The average molecular weight is 343 g/mol. The van der Waals surface area contributed by atoms with E-state index < -0.39 is 0 Å². The SMILES string of the molecule is CCc1cccc(NC(=O)C2CCN(Cc3csc(C)n3)CC2)c1. The van der Waals surface area contributed by atoms with Crippen LogP contribution in [0.5, 0.6) is 0 Å². The minimum atomic E-state index is 0.115. The molecule has 24 heavy (non-hydrogen) atoms. The molecule has 128 valence electrons. The molecular formula is C19H25N3OS. The second-order valence-electron chi connectivity index (χ2n) is 6.45. The summed E-state index contributed by atoms with van der Waals surface area (Å²) in [5.41, 5.74) is 3.32. The maximum absolute atomic E-state index is 12.5. The molecule has 5 heteroatoms. The summed E-state index contributed by atoms with van der Waals surface area (Å²) in [6.45, 7) is 6.99. The molecule has 1 aliphatic heterocycles. The summed E-state index contributed by atoms with van der Waals surface area (Å²) >= 11 is 1.70. The Balaban J connectivity index is 1.49. The average Bonchev–Trinajstić information content (AvgIpc) is 3.00. The Bertz CT molecular complexity index is 689. The van der Waals surface area contributed by atoms with Crippen molar-refractivity contribution < 1.29 is 4.79 Å². The molecule has 4 nitrogen and oxygen atoms in total. The van der Waals surface area contributed by atoms with Gasteiger partial charge in [0, 0.05) is 23.5 Å². The summed E-state index contributed by atoms with van der Waals surface area (Å²) in [5.74, 6) is 0.274. The predicted molar refractivity (Wildman–Crippen MR) is 99.3 cm³/mol. The lowest BCUT2D eigenvalue weighted by Gasteiger charge is -2.30. The lowest BCUT2D eigenvalue weighted by atomic mass is 9.95. The van der Waals surface area contributed by atoms with Crippen LogP contribution in [0, 0.1) is 12.8 Å². The number of piperidine rings is 1. The van der Waals surface area contributed by atoms with E-state index in [2.05, 4.69) is 39.6 Å². The van der Waals surface area contributed by atoms with E-state index in [0.29, 0.717) is 0 Å². The number of rotatable bonds is 5. The van der Waals surface area contributed by atoms with Gasteiger partial charge in [0.25, 0.3) is 0 Å². The monoisotopic (exact) mass is 343 g/mol. The topological polar surface area (TPSA) is 45.2 Å². The summed E-state index contributed by atoms with van der Waals surface area (Å²) in [5, 5.41) is 6.34. The molecule has 1 amide bonds. The number of hydrogen-bond acceptors (Lipinski definition) is 4. The molecule has 0 radical (unpaired) electrons. The first-order chi connectivity index (χ1) is 11.6. The number of aryl methyl sites for hydroxylation is 2. The number of thiazole rings is 1. The number of nitrogens with zero attached hydrogens (tertiary/aromatic N) is 2. The van der Waals surface area contributed by atoms with Crippen molar-refractivity contribution in [2.45, 2.75) is 39.7 Å². The highest BCUT2D eigenvalue weighted by Gasteiger charge is 2.25. The molecule has 2 aromatic rings. The molecule has 3 rings (SSSR count). The number of amides is 1. The third-order valence-electron chi connectivity index (χ3n) is 4.61. The summed E-state index contributed by atoms with van der Waals surface area (Å²) in [7, 11) is 0. The number of carbonyl (C=O) groups excluding carboxylic acids is 1. The Hall–Kier alpha value is -1.72. The van der Waals surface area contributed by atoms with E-state index in [1.54, 1.807) is 11.3 Å². The largest absolute Gasteiger partial charge is 0.326 e. The first kappa shape index (κ1) is 17.1. The number of benzene rings is 1. The summed E-state index contributed by atoms with van der Waals surface area (Å²) in [6, 6.07) is 8.13. The zero-order valence-corrected chi connectivity index (χ0v) is 15.2. The molecule has 2 heterocycles. The third-order valence-corrected chi connectivity index (χ3v) is 5.44. The van der Waals surface area contributed by atoms with Crippen molar-refractivity contribution in [3.63, 3.8) is 0 Å². The summed E-state index contributed by atoms with van der Waals surface area (Å²) in [6.07, 6.45) is 2.82. The maximum Gasteiger partial charge on any atom is 0.227 e. The molecule has 1 aromatic heterocycles. The Morgan fingerprint density at radius 3 is 2.83 bits per heavy atom. The molecular weight excluding hydrogens is 318 g/mol. The number of anilines is 1. The molecule has 1 fully saturated rings. The molecule has 1 N–H and O–H groups in total. The maximum atomic E-state index is 12.5. The van der Waals surface area contributed by atoms with Crippen LogP contribution in [0.25, 0.3) is 0 Å². The quantitative estimate of drug-likeness (QED) is 0.896. The standard InChI is InChI=1S/C19H25N3OS/c1-3-15-5-4-6-17(11-15)21-19(23)16-7-9-22(10-8-16)12-18-13-24-14(2)20-18/h4-6,11,13,16H,3,7-10,12H2,1-2H3,(H,21,23). The van der Waals surface area contributed by atoms with Gasteiger partial charge in [-0.3, -0.25) is 9.69 Å². The van der Waals surface area contributed by atoms with Crippen molar-refractivity contribution >= 4 is 22.9 Å². The van der Waals surface area contributed by atoms with Crippen LogP contribution in [0.3, 0.4) is 0 Å². The van der Waals surface area contributed by atoms with Crippen molar-refractivity contribution in [3.8, 4) is 0 Å². The highest BCUT2D eigenvalue weighted by atomic mass is 32.1. The van der Waals surface area contributed by atoms with Crippen LogP contribution in [0.4, 0.5) is 5.69 Å². The first-order valence-electron chi connectivity index (χ1n) is 8.67. The van der Waals surface area contributed by atoms with Crippen LogP contribution in [0.15, 0.2) is 29.6 Å². The second-order valence-corrected chi connectivity index (χ2v) is 7.51. The van der Waals surface area contributed by atoms with E-state index in [4.69, 9.17) is 0 Å². The van der Waals surface area contributed by atoms with Gasteiger partial charge in [0.2, 0.25) is 5.91 Å². The Morgan fingerprint density at radius 2 is 2.17 bits per heavy atom.